The van der Waals surface area contributed by atoms with Crippen molar-refractivity contribution in [1.82, 2.24) is 25.0 Å². The number of aromatic amines is 1. The monoisotopic (exact) mass is 501 g/mol. The van der Waals surface area contributed by atoms with E-state index < -0.39 is 22.7 Å². The highest BCUT2D eigenvalue weighted by molar-refractivity contribution is 5.83. The molecule has 2 aliphatic heterocycles. The summed E-state index contributed by atoms with van der Waals surface area (Å²) in [6, 6.07) is 5.22. The molecule has 1 amide bonds. The van der Waals surface area contributed by atoms with Crippen molar-refractivity contribution in [1.29, 1.82) is 5.26 Å². The molecule has 2 fully saturated rings. The largest absolute Gasteiger partial charge is 0.422 e. The Morgan fingerprint density at radius 2 is 1.97 bits per heavy atom. The number of alkyl halides is 3. The average Bonchev–Trinajstić information content (AvgIpc) is 3.47. The number of nitrogens with zero attached hydrogens (tertiary/aromatic N) is 6. The molecule has 2 aromatic heterocycles. The molecule has 2 saturated heterocycles. The Kier molecular flexibility index (Phi) is 5.98. The van der Waals surface area contributed by atoms with Crippen LogP contribution in [0.4, 0.5) is 19.0 Å². The van der Waals surface area contributed by atoms with Gasteiger partial charge in [0.25, 0.3) is 5.56 Å². The highest BCUT2D eigenvalue weighted by Gasteiger charge is 2.48. The Balaban J connectivity index is 1.25. The van der Waals surface area contributed by atoms with E-state index in [9.17, 15) is 22.8 Å². The third kappa shape index (κ3) is 4.21. The van der Waals surface area contributed by atoms with Crippen molar-refractivity contribution in [2.45, 2.75) is 38.4 Å². The van der Waals surface area contributed by atoms with Gasteiger partial charge in [-0.25, -0.2) is 10.1 Å². The lowest BCUT2D eigenvalue weighted by molar-refractivity contribution is -0.141. The van der Waals surface area contributed by atoms with Gasteiger partial charge in [-0.15, -0.1) is 0 Å². The first kappa shape index (κ1) is 24.2. The summed E-state index contributed by atoms with van der Waals surface area (Å²) >= 11 is 0. The molecule has 12 heteroatoms. The van der Waals surface area contributed by atoms with E-state index in [1.807, 2.05) is 27.9 Å². The number of carbonyl (C=O) groups is 1. The van der Waals surface area contributed by atoms with Gasteiger partial charge in [0, 0.05) is 38.9 Å². The van der Waals surface area contributed by atoms with Gasteiger partial charge < -0.3 is 9.80 Å². The zero-order valence-corrected chi connectivity index (χ0v) is 19.8. The summed E-state index contributed by atoms with van der Waals surface area (Å²) < 4.78 is 40.4. The van der Waals surface area contributed by atoms with Crippen LogP contribution in [0.25, 0.3) is 0 Å². The molecule has 2 atom stereocenters. The lowest BCUT2D eigenvalue weighted by atomic mass is 9.87. The van der Waals surface area contributed by atoms with Crippen molar-refractivity contribution in [3.63, 3.8) is 0 Å². The third-order valence-electron chi connectivity index (χ3n) is 7.61. The van der Waals surface area contributed by atoms with Crippen LogP contribution in [-0.4, -0.2) is 70.2 Å². The summed E-state index contributed by atoms with van der Waals surface area (Å²) in [6.07, 6.45) is -2.03. The van der Waals surface area contributed by atoms with Crippen LogP contribution < -0.4 is 10.5 Å². The van der Waals surface area contributed by atoms with Crippen molar-refractivity contribution in [2.24, 2.45) is 5.41 Å². The number of anilines is 1. The van der Waals surface area contributed by atoms with E-state index in [4.69, 9.17) is 5.26 Å². The summed E-state index contributed by atoms with van der Waals surface area (Å²) in [5, 5.41) is 15.0. The Bertz CT molecular complexity index is 1260. The van der Waals surface area contributed by atoms with Crippen molar-refractivity contribution < 1.29 is 18.0 Å². The van der Waals surface area contributed by atoms with E-state index in [0.717, 1.165) is 5.82 Å². The van der Waals surface area contributed by atoms with E-state index in [1.165, 1.54) is 6.20 Å². The number of aromatic nitrogens is 3. The SMILES string of the molecule is C[C@]1(C(=O)N2CCN(c3ccc(C#N)cn3)CC2)CCN([C@H]2CCc3c2n[nH]c(=O)c3C(F)(F)F)C1. The maximum atomic E-state index is 13.5. The molecule has 0 spiro atoms. The third-order valence-corrected chi connectivity index (χ3v) is 7.61. The van der Waals surface area contributed by atoms with Crippen LogP contribution >= 0.6 is 0 Å². The molecule has 0 radical (unpaired) electrons. The predicted molar refractivity (Wildman–Crippen MR) is 123 cm³/mol. The van der Waals surface area contributed by atoms with Gasteiger partial charge in [0.15, 0.2) is 0 Å². The van der Waals surface area contributed by atoms with Crippen LogP contribution in [0.1, 0.15) is 48.2 Å². The summed E-state index contributed by atoms with van der Waals surface area (Å²) in [5.41, 5.74) is -2.27. The van der Waals surface area contributed by atoms with Crippen LogP contribution in [0.5, 0.6) is 0 Å². The standard InChI is InChI=1S/C24H26F3N7O2/c1-23(22(36)33-10-8-32(9-11-33)18-5-2-15(12-28)13-29-18)6-7-34(14-23)17-4-3-16-19(24(25,26)27)21(35)31-30-20(16)17/h2,5,13,17H,3-4,6-11,14H2,1H3,(H,31,35)/t17-,23-/m0/s1. The minimum absolute atomic E-state index is 0.0243. The Morgan fingerprint density at radius 1 is 1.22 bits per heavy atom. The normalized spacial score (nSPS) is 24.6. The van der Waals surface area contributed by atoms with Crippen LogP contribution in [0, 0.1) is 16.7 Å². The highest BCUT2D eigenvalue weighted by Crippen LogP contribution is 2.44. The molecule has 190 valence electrons. The maximum absolute atomic E-state index is 13.5. The Morgan fingerprint density at radius 3 is 2.61 bits per heavy atom. The van der Waals surface area contributed by atoms with Gasteiger partial charge in [-0.2, -0.15) is 23.5 Å². The summed E-state index contributed by atoms with van der Waals surface area (Å²) in [5.74, 6) is 0.809. The number of hydrogen-bond acceptors (Lipinski definition) is 7. The molecule has 0 saturated carbocycles. The molecule has 0 bridgehead atoms. The first-order valence-corrected chi connectivity index (χ1v) is 11.9. The molecule has 2 aromatic rings. The number of halogens is 3. The number of nitriles is 1. The lowest BCUT2D eigenvalue weighted by Gasteiger charge is -2.39. The molecule has 0 aromatic carbocycles. The first-order valence-electron chi connectivity index (χ1n) is 11.9. The summed E-state index contributed by atoms with van der Waals surface area (Å²) in [7, 11) is 0. The van der Waals surface area contributed by atoms with Gasteiger partial charge in [0.2, 0.25) is 5.91 Å². The number of carbonyl (C=O) groups excluding carboxylic acids is 1. The predicted octanol–water partition coefficient (Wildman–Crippen LogP) is 2.10. The fourth-order valence-electron chi connectivity index (χ4n) is 5.70. The molecule has 0 unspecified atom stereocenters. The zero-order chi connectivity index (χ0) is 25.7. The van der Waals surface area contributed by atoms with Crippen molar-refractivity contribution in [3.8, 4) is 6.07 Å². The minimum atomic E-state index is -4.74. The molecular weight excluding hydrogens is 475 g/mol. The van der Waals surface area contributed by atoms with E-state index in [-0.39, 0.29) is 29.6 Å². The zero-order valence-electron chi connectivity index (χ0n) is 19.8. The van der Waals surface area contributed by atoms with E-state index in [0.29, 0.717) is 57.7 Å². The number of nitrogens with one attached hydrogen (secondary N) is 1. The topological polar surface area (TPSA) is 109 Å². The van der Waals surface area contributed by atoms with E-state index in [1.54, 1.807) is 12.1 Å². The minimum Gasteiger partial charge on any atom is -0.353 e. The number of pyridine rings is 1. The quantitative estimate of drug-likeness (QED) is 0.686. The van der Waals surface area contributed by atoms with Gasteiger partial charge >= 0.3 is 6.18 Å². The van der Waals surface area contributed by atoms with Gasteiger partial charge in [-0.3, -0.25) is 14.5 Å². The van der Waals surface area contributed by atoms with Crippen molar-refractivity contribution in [2.75, 3.05) is 44.2 Å². The van der Waals surface area contributed by atoms with Crippen LogP contribution in [-0.2, 0) is 17.4 Å². The van der Waals surface area contributed by atoms with Crippen molar-refractivity contribution >= 4 is 11.7 Å². The fourth-order valence-corrected chi connectivity index (χ4v) is 5.70. The molecule has 1 N–H and O–H groups in total. The molecule has 4 heterocycles. The first-order chi connectivity index (χ1) is 17.1. The number of piperazine rings is 1. The maximum Gasteiger partial charge on any atom is 0.422 e. The second kappa shape index (κ2) is 8.89. The number of amides is 1. The van der Waals surface area contributed by atoms with Crippen LogP contribution in [0.2, 0.25) is 0 Å². The molecule has 1 aliphatic carbocycles. The van der Waals surface area contributed by atoms with Gasteiger partial charge in [0.1, 0.15) is 17.5 Å². The van der Waals surface area contributed by atoms with Gasteiger partial charge in [-0.1, -0.05) is 0 Å². The number of rotatable bonds is 3. The number of likely N-dealkylation sites (tertiary alicyclic amines) is 1. The summed E-state index contributed by atoms with van der Waals surface area (Å²) in [4.78, 5) is 35.6. The fraction of sp³-hybridized carbons (Fsp3) is 0.542. The van der Waals surface area contributed by atoms with E-state index >= 15 is 0 Å². The number of fused-ring (bicyclic) bond motifs is 1. The molecule has 36 heavy (non-hydrogen) atoms. The van der Waals surface area contributed by atoms with Gasteiger partial charge in [-0.05, 0) is 50.4 Å². The lowest BCUT2D eigenvalue weighted by Crippen LogP contribution is -2.53. The van der Waals surface area contributed by atoms with Gasteiger partial charge in [0.05, 0.1) is 22.7 Å². The van der Waals surface area contributed by atoms with Crippen LogP contribution in [0.3, 0.4) is 0 Å². The van der Waals surface area contributed by atoms with E-state index in [2.05, 4.69) is 15.0 Å². The average molecular weight is 502 g/mol. The number of hydrogen-bond donors (Lipinski definition) is 1. The van der Waals surface area contributed by atoms with Crippen molar-refractivity contribution in [3.05, 3.63) is 51.1 Å². The summed E-state index contributed by atoms with van der Waals surface area (Å²) in [6.45, 7) is 5.25. The molecule has 5 rings (SSSR count). The number of H-pyrrole nitrogens is 1. The van der Waals surface area contributed by atoms with Crippen LogP contribution in [0.15, 0.2) is 23.1 Å². The highest BCUT2D eigenvalue weighted by atomic mass is 19.4. The Labute approximate surface area is 205 Å². The second-order valence-electron chi connectivity index (χ2n) is 9.92. The molecule has 9 nitrogen and oxygen atoms in total. The Hall–Kier alpha value is -3.46. The molecule has 3 aliphatic rings. The molecular formula is C24H26F3N7O2. The smallest absolute Gasteiger partial charge is 0.353 e. The second-order valence-corrected chi connectivity index (χ2v) is 9.92.